The topological polar surface area (TPSA) is 79.3 Å². The zero-order valence-corrected chi connectivity index (χ0v) is 20.4. The average Bonchev–Trinajstić information content (AvgIpc) is 3.09. The lowest BCUT2D eigenvalue weighted by Gasteiger charge is -2.29. The summed E-state index contributed by atoms with van der Waals surface area (Å²) in [6, 6.07) is 10.4. The largest absolute Gasteiger partial charge is 0.507 e. The highest BCUT2D eigenvalue weighted by molar-refractivity contribution is 9.10. The van der Waals surface area contributed by atoms with Gasteiger partial charge in [0.2, 0.25) is 0 Å². The number of amides is 1. The lowest BCUT2D eigenvalue weighted by Crippen LogP contribution is -2.38. The molecule has 1 amide bonds. The number of carbonyl (C=O) groups is 2. The first kappa shape index (κ1) is 24.4. The molecule has 2 aromatic rings. The molecule has 2 saturated heterocycles. The van der Waals surface area contributed by atoms with E-state index >= 15 is 0 Å². The van der Waals surface area contributed by atoms with Gasteiger partial charge in [0.1, 0.15) is 5.76 Å². The molecule has 0 aliphatic carbocycles. The molecule has 2 aromatic carbocycles. The number of likely N-dealkylation sites (tertiary alicyclic amines) is 1. The van der Waals surface area contributed by atoms with Gasteiger partial charge in [0, 0.05) is 36.2 Å². The number of Topliss-reactive ketones (excluding diaryl/α,β-unsaturated/α-hetero) is 1. The Kier molecular flexibility index (Phi) is 7.65. The summed E-state index contributed by atoms with van der Waals surface area (Å²) in [4.78, 5) is 29.9. The first-order valence-corrected chi connectivity index (χ1v) is 11.9. The molecule has 1 unspecified atom stereocenters. The van der Waals surface area contributed by atoms with Crippen LogP contribution in [0.4, 0.5) is 4.39 Å². The summed E-state index contributed by atoms with van der Waals surface area (Å²) in [5.74, 6) is -2.53. The highest BCUT2D eigenvalue weighted by Crippen LogP contribution is 2.40. The number of nitrogens with zero attached hydrogens (tertiary/aromatic N) is 2. The number of ketones is 1. The zero-order valence-electron chi connectivity index (χ0n) is 18.8. The van der Waals surface area contributed by atoms with Gasteiger partial charge in [-0.05, 0) is 42.3 Å². The number of halogens is 2. The minimum Gasteiger partial charge on any atom is -0.507 e. The quantitative estimate of drug-likeness (QED) is 0.332. The number of aliphatic hydroxyl groups is 1. The van der Waals surface area contributed by atoms with Crippen molar-refractivity contribution in [3.05, 3.63) is 69.5 Å². The van der Waals surface area contributed by atoms with Gasteiger partial charge in [-0.15, -0.1) is 0 Å². The Balaban J connectivity index is 1.68. The van der Waals surface area contributed by atoms with Gasteiger partial charge in [0.25, 0.3) is 11.7 Å². The fourth-order valence-electron chi connectivity index (χ4n) is 4.36. The van der Waals surface area contributed by atoms with E-state index in [0.29, 0.717) is 31.7 Å². The molecule has 34 heavy (non-hydrogen) atoms. The van der Waals surface area contributed by atoms with E-state index in [-0.39, 0.29) is 16.9 Å². The molecule has 1 atom stereocenters. The number of rotatable bonds is 7. The van der Waals surface area contributed by atoms with E-state index in [4.69, 9.17) is 9.47 Å². The Morgan fingerprint density at radius 2 is 1.85 bits per heavy atom. The van der Waals surface area contributed by atoms with Crippen LogP contribution in [0.1, 0.15) is 23.6 Å². The zero-order chi connectivity index (χ0) is 24.2. The molecule has 2 fully saturated rings. The van der Waals surface area contributed by atoms with E-state index in [1.54, 1.807) is 12.1 Å². The third-order valence-corrected chi connectivity index (χ3v) is 6.66. The van der Waals surface area contributed by atoms with Crippen LogP contribution in [-0.2, 0) is 14.3 Å². The lowest BCUT2D eigenvalue weighted by molar-refractivity contribution is -0.140. The molecule has 4 rings (SSSR count). The van der Waals surface area contributed by atoms with Crippen molar-refractivity contribution in [2.45, 2.75) is 12.5 Å². The van der Waals surface area contributed by atoms with Crippen LogP contribution in [-0.4, -0.2) is 73.1 Å². The summed E-state index contributed by atoms with van der Waals surface area (Å²) in [6.07, 6.45) is 0.664. The molecule has 0 spiro atoms. The summed E-state index contributed by atoms with van der Waals surface area (Å²) in [7, 11) is 1.34. The second-order valence-corrected chi connectivity index (χ2v) is 9.12. The fourth-order valence-corrected chi connectivity index (χ4v) is 4.63. The standard InChI is InChI=1S/C25H26BrFN2O5/c1-33-20-8-5-17(15-19(20)27)23(30)21-22(16-3-6-18(26)7-4-16)29(25(32)24(21)31)10-2-9-28-11-13-34-14-12-28/h3-8,15,22,30H,2,9-14H2,1H3. The molecule has 7 nitrogen and oxygen atoms in total. The molecule has 0 saturated carbocycles. The SMILES string of the molecule is COc1ccc(C(O)=C2C(=O)C(=O)N(CCCN3CCOCC3)C2c2ccc(Br)cc2)cc1F. The third kappa shape index (κ3) is 5.01. The van der Waals surface area contributed by atoms with Crippen LogP contribution in [0.25, 0.3) is 5.76 Å². The molecule has 1 N–H and O–H groups in total. The fraction of sp³-hybridized carbons (Fsp3) is 0.360. The molecule has 0 aromatic heterocycles. The van der Waals surface area contributed by atoms with Crippen molar-refractivity contribution in [3.63, 3.8) is 0 Å². The van der Waals surface area contributed by atoms with Gasteiger partial charge in [-0.1, -0.05) is 28.1 Å². The second kappa shape index (κ2) is 10.7. The summed E-state index contributed by atoms with van der Waals surface area (Å²) >= 11 is 3.40. The molecule has 2 aliphatic heterocycles. The summed E-state index contributed by atoms with van der Waals surface area (Å²) in [6.45, 7) is 4.14. The molecular weight excluding hydrogens is 507 g/mol. The average molecular weight is 533 g/mol. The van der Waals surface area contributed by atoms with Crippen LogP contribution >= 0.6 is 15.9 Å². The Morgan fingerprint density at radius 1 is 1.15 bits per heavy atom. The number of aliphatic hydroxyl groups excluding tert-OH is 1. The number of methoxy groups -OCH3 is 1. The maximum absolute atomic E-state index is 14.3. The van der Waals surface area contributed by atoms with E-state index < -0.39 is 29.3 Å². The van der Waals surface area contributed by atoms with Crippen LogP contribution in [0.3, 0.4) is 0 Å². The minimum absolute atomic E-state index is 0.0181. The molecule has 9 heteroatoms. The molecule has 180 valence electrons. The number of morpholine rings is 1. The number of benzene rings is 2. The van der Waals surface area contributed by atoms with Crippen molar-refractivity contribution < 1.29 is 28.6 Å². The molecular formula is C25H26BrFN2O5. The summed E-state index contributed by atoms with van der Waals surface area (Å²) < 4.78 is 25.5. The van der Waals surface area contributed by atoms with Gasteiger partial charge in [-0.25, -0.2) is 4.39 Å². The predicted octanol–water partition coefficient (Wildman–Crippen LogP) is 3.74. The number of hydrogen-bond acceptors (Lipinski definition) is 6. The first-order chi connectivity index (χ1) is 16.4. The normalized spacial score (nSPS) is 20.7. The van der Waals surface area contributed by atoms with E-state index in [1.807, 2.05) is 12.1 Å². The maximum atomic E-state index is 14.3. The monoisotopic (exact) mass is 532 g/mol. The van der Waals surface area contributed by atoms with Gasteiger partial charge in [-0.2, -0.15) is 0 Å². The Bertz CT molecular complexity index is 1100. The van der Waals surface area contributed by atoms with Gasteiger partial charge >= 0.3 is 0 Å². The van der Waals surface area contributed by atoms with E-state index in [9.17, 15) is 19.1 Å². The van der Waals surface area contributed by atoms with Crippen LogP contribution in [0.5, 0.6) is 5.75 Å². The Labute approximate surface area is 205 Å². The van der Waals surface area contributed by atoms with Gasteiger partial charge in [0.05, 0.1) is 31.9 Å². The third-order valence-electron chi connectivity index (χ3n) is 6.13. The van der Waals surface area contributed by atoms with E-state index in [1.165, 1.54) is 24.1 Å². The lowest BCUT2D eigenvalue weighted by atomic mass is 9.95. The van der Waals surface area contributed by atoms with Crippen molar-refractivity contribution in [2.75, 3.05) is 46.5 Å². The highest BCUT2D eigenvalue weighted by Gasteiger charge is 2.45. The summed E-state index contributed by atoms with van der Waals surface area (Å²) in [5, 5.41) is 11.1. The number of hydrogen-bond donors (Lipinski definition) is 1. The van der Waals surface area contributed by atoms with Crippen molar-refractivity contribution in [1.82, 2.24) is 9.80 Å². The van der Waals surface area contributed by atoms with Gasteiger partial charge < -0.3 is 19.5 Å². The second-order valence-electron chi connectivity index (χ2n) is 8.20. The highest BCUT2D eigenvalue weighted by atomic mass is 79.9. The Hall–Kier alpha value is -2.75. The van der Waals surface area contributed by atoms with Crippen LogP contribution in [0, 0.1) is 5.82 Å². The van der Waals surface area contributed by atoms with Crippen molar-refractivity contribution in [1.29, 1.82) is 0 Å². The molecule has 0 bridgehead atoms. The summed E-state index contributed by atoms with van der Waals surface area (Å²) in [5.41, 5.74) is 0.735. The maximum Gasteiger partial charge on any atom is 0.295 e. The van der Waals surface area contributed by atoms with Crippen molar-refractivity contribution in [3.8, 4) is 5.75 Å². The van der Waals surface area contributed by atoms with Crippen LogP contribution in [0.15, 0.2) is 52.5 Å². The predicted molar refractivity (Wildman–Crippen MR) is 128 cm³/mol. The number of ether oxygens (including phenoxy) is 2. The minimum atomic E-state index is -0.784. The Morgan fingerprint density at radius 3 is 2.50 bits per heavy atom. The van der Waals surface area contributed by atoms with Gasteiger partial charge in [-0.3, -0.25) is 14.5 Å². The molecule has 0 radical (unpaired) electrons. The van der Waals surface area contributed by atoms with E-state index in [2.05, 4.69) is 20.8 Å². The van der Waals surface area contributed by atoms with Gasteiger partial charge in [0.15, 0.2) is 11.6 Å². The smallest absolute Gasteiger partial charge is 0.295 e. The van der Waals surface area contributed by atoms with Crippen molar-refractivity contribution >= 4 is 33.4 Å². The first-order valence-electron chi connectivity index (χ1n) is 11.1. The van der Waals surface area contributed by atoms with Crippen LogP contribution in [0.2, 0.25) is 0 Å². The van der Waals surface area contributed by atoms with Crippen molar-refractivity contribution in [2.24, 2.45) is 0 Å². The molecule has 2 aliphatic rings. The number of carbonyl (C=O) groups excluding carboxylic acids is 2. The van der Waals surface area contributed by atoms with Crippen LogP contribution < -0.4 is 4.74 Å². The molecule has 2 heterocycles. The van der Waals surface area contributed by atoms with E-state index in [0.717, 1.165) is 30.2 Å².